The van der Waals surface area contributed by atoms with Gasteiger partial charge in [0.05, 0.1) is 12.8 Å². The van der Waals surface area contributed by atoms with Crippen LogP contribution in [0.15, 0.2) is 27.8 Å². The van der Waals surface area contributed by atoms with Gasteiger partial charge in [0.25, 0.3) is 0 Å². The Balaban J connectivity index is 0.00000441. The van der Waals surface area contributed by atoms with E-state index in [1.165, 1.54) is 0 Å². The van der Waals surface area contributed by atoms with Crippen molar-refractivity contribution < 1.29 is 9.52 Å². The minimum Gasteiger partial charge on any atom is -0.466 e. The summed E-state index contributed by atoms with van der Waals surface area (Å²) in [5.74, 6) is 1.22. The number of nitrogens with zero attached hydrogens (tertiary/aromatic N) is 2. The highest BCUT2D eigenvalue weighted by atomic mass is 127. The summed E-state index contributed by atoms with van der Waals surface area (Å²) in [7, 11) is 2.08. The summed E-state index contributed by atoms with van der Waals surface area (Å²) in [6.07, 6.45) is 1.55. The molecule has 0 spiro atoms. The van der Waals surface area contributed by atoms with E-state index in [4.69, 9.17) is 4.42 Å². The third-order valence-electron chi connectivity index (χ3n) is 3.27. The molecule has 0 saturated heterocycles. The third kappa shape index (κ3) is 7.46. The van der Waals surface area contributed by atoms with Gasteiger partial charge in [-0.3, -0.25) is 0 Å². The van der Waals surface area contributed by atoms with Crippen LogP contribution in [0.3, 0.4) is 0 Å². The van der Waals surface area contributed by atoms with Gasteiger partial charge in [-0.1, -0.05) is 6.92 Å². The van der Waals surface area contributed by atoms with E-state index >= 15 is 0 Å². The quantitative estimate of drug-likeness (QED) is 0.336. The molecule has 0 aliphatic carbocycles. The number of hydrogen-bond donors (Lipinski definition) is 3. The van der Waals surface area contributed by atoms with E-state index in [-0.39, 0.29) is 30.5 Å². The molecule has 0 fully saturated rings. The fourth-order valence-electron chi connectivity index (χ4n) is 1.76. The molecule has 0 bridgehead atoms. The molecule has 1 rings (SSSR count). The van der Waals surface area contributed by atoms with Crippen LogP contribution in [-0.2, 0) is 5.60 Å². The largest absolute Gasteiger partial charge is 0.466 e. The number of guanidine groups is 1. The van der Waals surface area contributed by atoms with E-state index in [9.17, 15) is 5.11 Å². The van der Waals surface area contributed by atoms with Crippen molar-refractivity contribution in [1.82, 2.24) is 15.5 Å². The minimum atomic E-state index is -1.11. The topological polar surface area (TPSA) is 73.0 Å². The van der Waals surface area contributed by atoms with Gasteiger partial charge in [-0.25, -0.2) is 4.99 Å². The number of nitrogens with one attached hydrogen (secondary N) is 2. The van der Waals surface area contributed by atoms with Gasteiger partial charge in [0.15, 0.2) is 5.96 Å². The summed E-state index contributed by atoms with van der Waals surface area (Å²) < 4.78 is 5.25. The molecule has 0 amide bonds. The highest BCUT2D eigenvalue weighted by Crippen LogP contribution is 2.20. The highest BCUT2D eigenvalue weighted by molar-refractivity contribution is 14.0. The molecule has 1 atom stereocenters. The molecule has 7 heteroatoms. The summed E-state index contributed by atoms with van der Waals surface area (Å²) in [6, 6.07) is 3.52. The standard InChI is InChI=1S/C15H28N4O2.HI/c1-5-16-14(17-9-10-19(4)6-2)18-12-15(3,20)13-8-7-11-21-13;/h7-8,11,20H,5-6,9-10,12H2,1-4H3,(H2,16,17,18);1H. The lowest BCUT2D eigenvalue weighted by molar-refractivity contribution is 0.0437. The van der Waals surface area contributed by atoms with Gasteiger partial charge in [0.1, 0.15) is 11.4 Å². The molecule has 6 nitrogen and oxygen atoms in total. The van der Waals surface area contributed by atoms with Crippen LogP contribution in [0.4, 0.5) is 0 Å². The fraction of sp³-hybridized carbons (Fsp3) is 0.667. The van der Waals surface area contributed by atoms with Crippen molar-refractivity contribution in [2.45, 2.75) is 26.4 Å². The lowest BCUT2D eigenvalue weighted by Gasteiger charge is -2.20. The maximum absolute atomic E-state index is 10.4. The lowest BCUT2D eigenvalue weighted by atomic mass is 10.0. The molecule has 1 aromatic rings. The molecule has 22 heavy (non-hydrogen) atoms. The van der Waals surface area contributed by atoms with Crippen LogP contribution < -0.4 is 10.6 Å². The Morgan fingerprint density at radius 1 is 1.41 bits per heavy atom. The molecule has 0 radical (unpaired) electrons. The molecule has 3 N–H and O–H groups in total. The Hall–Kier alpha value is -0.800. The molecular formula is C15H29IN4O2. The molecule has 1 heterocycles. The van der Waals surface area contributed by atoms with Crippen LogP contribution in [0.1, 0.15) is 26.5 Å². The van der Waals surface area contributed by atoms with Crippen molar-refractivity contribution in [3.8, 4) is 0 Å². The van der Waals surface area contributed by atoms with Crippen molar-refractivity contribution in [1.29, 1.82) is 0 Å². The number of hydrogen-bond acceptors (Lipinski definition) is 4. The molecule has 128 valence electrons. The number of aliphatic hydroxyl groups is 1. The lowest BCUT2D eigenvalue weighted by Crippen LogP contribution is -2.41. The molecule has 0 aromatic carbocycles. The Bertz CT molecular complexity index is 421. The molecule has 0 aliphatic rings. The second-order valence-electron chi connectivity index (χ2n) is 5.27. The number of furan rings is 1. The first-order valence-electron chi connectivity index (χ1n) is 7.46. The zero-order valence-electron chi connectivity index (χ0n) is 13.9. The van der Waals surface area contributed by atoms with Gasteiger partial charge in [0.2, 0.25) is 0 Å². The minimum absolute atomic E-state index is 0. The third-order valence-corrected chi connectivity index (χ3v) is 3.27. The predicted octanol–water partition coefficient (Wildman–Crippen LogP) is 1.61. The molecule has 1 aromatic heterocycles. The van der Waals surface area contributed by atoms with Crippen LogP contribution >= 0.6 is 24.0 Å². The van der Waals surface area contributed by atoms with Crippen molar-refractivity contribution in [2.75, 3.05) is 39.8 Å². The summed E-state index contributed by atoms with van der Waals surface area (Å²) in [6.45, 7) is 9.61. The number of halogens is 1. The highest BCUT2D eigenvalue weighted by Gasteiger charge is 2.25. The average molecular weight is 424 g/mol. The van der Waals surface area contributed by atoms with Crippen molar-refractivity contribution in [2.24, 2.45) is 4.99 Å². The van der Waals surface area contributed by atoms with Gasteiger partial charge >= 0.3 is 0 Å². The number of likely N-dealkylation sites (N-methyl/N-ethyl adjacent to an activating group) is 1. The zero-order chi connectivity index (χ0) is 15.7. The zero-order valence-corrected chi connectivity index (χ0v) is 16.3. The first kappa shape index (κ1) is 21.2. The van der Waals surface area contributed by atoms with Crippen LogP contribution in [0.25, 0.3) is 0 Å². The van der Waals surface area contributed by atoms with E-state index in [0.29, 0.717) is 11.7 Å². The normalized spacial score (nSPS) is 14.4. The average Bonchev–Trinajstić information content (AvgIpc) is 2.99. The summed E-state index contributed by atoms with van der Waals surface area (Å²) >= 11 is 0. The molecular weight excluding hydrogens is 395 g/mol. The summed E-state index contributed by atoms with van der Waals surface area (Å²) in [5.41, 5.74) is -1.11. The van der Waals surface area contributed by atoms with Crippen LogP contribution in [0.5, 0.6) is 0 Å². The molecule has 1 unspecified atom stereocenters. The first-order chi connectivity index (χ1) is 9.99. The maximum Gasteiger partial charge on any atom is 0.191 e. The Morgan fingerprint density at radius 3 is 2.68 bits per heavy atom. The van der Waals surface area contributed by atoms with E-state index in [2.05, 4.69) is 34.5 Å². The molecule has 0 saturated carbocycles. The van der Waals surface area contributed by atoms with Gasteiger partial charge in [-0.15, -0.1) is 24.0 Å². The SMILES string of the molecule is CCNC(=NCC(C)(O)c1ccco1)NCCN(C)CC.I. The number of rotatable bonds is 8. The van der Waals surface area contributed by atoms with Crippen LogP contribution in [-0.4, -0.2) is 55.7 Å². The van der Waals surface area contributed by atoms with Gasteiger partial charge < -0.3 is 25.1 Å². The van der Waals surface area contributed by atoms with E-state index in [1.807, 2.05) is 6.92 Å². The van der Waals surface area contributed by atoms with E-state index < -0.39 is 5.60 Å². The van der Waals surface area contributed by atoms with Crippen molar-refractivity contribution >= 4 is 29.9 Å². The van der Waals surface area contributed by atoms with E-state index in [0.717, 1.165) is 26.2 Å². The monoisotopic (exact) mass is 424 g/mol. The Kier molecular flexibility index (Phi) is 10.5. The second-order valence-corrected chi connectivity index (χ2v) is 5.27. The fourth-order valence-corrected chi connectivity index (χ4v) is 1.76. The van der Waals surface area contributed by atoms with E-state index in [1.54, 1.807) is 25.3 Å². The first-order valence-corrected chi connectivity index (χ1v) is 7.46. The van der Waals surface area contributed by atoms with Crippen molar-refractivity contribution in [3.05, 3.63) is 24.2 Å². The summed E-state index contributed by atoms with van der Waals surface area (Å²) in [5, 5.41) is 16.8. The van der Waals surface area contributed by atoms with Gasteiger partial charge in [-0.05, 0) is 39.6 Å². The number of aliphatic imine (C=N–C) groups is 1. The smallest absolute Gasteiger partial charge is 0.191 e. The van der Waals surface area contributed by atoms with Crippen LogP contribution in [0, 0.1) is 0 Å². The second kappa shape index (κ2) is 10.8. The van der Waals surface area contributed by atoms with Gasteiger partial charge in [0, 0.05) is 19.6 Å². The maximum atomic E-state index is 10.4. The Morgan fingerprint density at radius 2 is 2.14 bits per heavy atom. The van der Waals surface area contributed by atoms with Gasteiger partial charge in [-0.2, -0.15) is 0 Å². The predicted molar refractivity (Wildman–Crippen MR) is 101 cm³/mol. The van der Waals surface area contributed by atoms with Crippen LogP contribution in [0.2, 0.25) is 0 Å². The molecule has 0 aliphatic heterocycles. The Labute approximate surface area is 150 Å². The van der Waals surface area contributed by atoms with Crippen molar-refractivity contribution in [3.63, 3.8) is 0 Å². The summed E-state index contributed by atoms with van der Waals surface area (Å²) in [4.78, 5) is 6.65.